The maximum Gasteiger partial charge on any atom is 0.184 e. The molecule has 1 aromatic carbocycles. The Labute approximate surface area is 117 Å². The Kier molecular flexibility index (Phi) is 3.20. The van der Waals surface area contributed by atoms with E-state index in [-0.39, 0.29) is 0 Å². The molecule has 6 heteroatoms. The average Bonchev–Trinajstić information content (AvgIpc) is 2.92. The third-order valence-corrected chi connectivity index (χ3v) is 4.59. The third kappa shape index (κ3) is 2.48. The molecule has 0 amide bonds. The topological polar surface area (TPSA) is 37.8 Å². The van der Waals surface area contributed by atoms with E-state index < -0.39 is 0 Å². The van der Waals surface area contributed by atoms with Gasteiger partial charge in [0, 0.05) is 16.1 Å². The van der Waals surface area contributed by atoms with Crippen molar-refractivity contribution < 1.29 is 0 Å². The lowest BCUT2D eigenvalue weighted by molar-refractivity contribution is 1.07. The SMILES string of the molecule is Cc1csc(CNc2nc3ccc(Cl)cc3s2)n1. The van der Waals surface area contributed by atoms with Crippen LogP contribution in [-0.4, -0.2) is 9.97 Å². The van der Waals surface area contributed by atoms with Crippen molar-refractivity contribution in [1.82, 2.24) is 9.97 Å². The highest BCUT2D eigenvalue weighted by Gasteiger charge is 2.05. The predicted molar refractivity (Wildman–Crippen MR) is 78.8 cm³/mol. The first kappa shape index (κ1) is 11.9. The summed E-state index contributed by atoms with van der Waals surface area (Å²) in [6.07, 6.45) is 0. The lowest BCUT2D eigenvalue weighted by atomic mass is 10.3. The second kappa shape index (κ2) is 4.84. The zero-order valence-corrected chi connectivity index (χ0v) is 12.0. The number of aryl methyl sites for hydroxylation is 1. The van der Waals surface area contributed by atoms with Crippen molar-refractivity contribution in [1.29, 1.82) is 0 Å². The predicted octanol–water partition coefficient (Wildman–Crippen LogP) is 4.33. The van der Waals surface area contributed by atoms with E-state index in [1.165, 1.54) is 0 Å². The van der Waals surface area contributed by atoms with Crippen LogP contribution in [0.3, 0.4) is 0 Å². The number of nitrogens with one attached hydrogen (secondary N) is 1. The lowest BCUT2D eigenvalue weighted by Gasteiger charge is -1.97. The summed E-state index contributed by atoms with van der Waals surface area (Å²) in [5.41, 5.74) is 2.04. The summed E-state index contributed by atoms with van der Waals surface area (Å²) in [6, 6.07) is 5.73. The largest absolute Gasteiger partial charge is 0.355 e. The van der Waals surface area contributed by atoms with Gasteiger partial charge in [0.05, 0.1) is 16.8 Å². The lowest BCUT2D eigenvalue weighted by Crippen LogP contribution is -1.98. The second-order valence-corrected chi connectivity index (χ2v) is 6.28. The Bertz CT molecular complexity index is 690. The molecule has 0 fully saturated rings. The van der Waals surface area contributed by atoms with Gasteiger partial charge in [-0.15, -0.1) is 11.3 Å². The van der Waals surface area contributed by atoms with Gasteiger partial charge in [0.15, 0.2) is 5.13 Å². The molecule has 0 atom stereocenters. The van der Waals surface area contributed by atoms with Gasteiger partial charge < -0.3 is 5.32 Å². The summed E-state index contributed by atoms with van der Waals surface area (Å²) in [7, 11) is 0. The van der Waals surface area contributed by atoms with Gasteiger partial charge >= 0.3 is 0 Å². The van der Waals surface area contributed by atoms with Crippen molar-refractivity contribution in [3.05, 3.63) is 39.3 Å². The van der Waals surface area contributed by atoms with Crippen LogP contribution in [0.4, 0.5) is 5.13 Å². The van der Waals surface area contributed by atoms with Crippen LogP contribution in [0.15, 0.2) is 23.6 Å². The highest BCUT2D eigenvalue weighted by atomic mass is 35.5. The van der Waals surface area contributed by atoms with Crippen LogP contribution in [0.1, 0.15) is 10.7 Å². The van der Waals surface area contributed by atoms with Crippen LogP contribution >= 0.6 is 34.3 Å². The van der Waals surface area contributed by atoms with E-state index >= 15 is 0 Å². The first-order valence-corrected chi connectivity index (χ1v) is 7.49. The Balaban J connectivity index is 1.78. The fourth-order valence-electron chi connectivity index (χ4n) is 1.61. The standard InChI is InChI=1S/C12H10ClN3S2/c1-7-6-17-11(15-7)5-14-12-16-9-3-2-8(13)4-10(9)18-12/h2-4,6H,5H2,1H3,(H,14,16). The van der Waals surface area contributed by atoms with E-state index in [1.807, 2.05) is 25.1 Å². The van der Waals surface area contributed by atoms with Gasteiger partial charge in [0.25, 0.3) is 0 Å². The molecule has 2 aromatic heterocycles. The van der Waals surface area contributed by atoms with Crippen molar-refractivity contribution in [3.63, 3.8) is 0 Å². The number of fused-ring (bicyclic) bond motifs is 1. The molecule has 0 saturated heterocycles. The number of aromatic nitrogens is 2. The van der Waals surface area contributed by atoms with Gasteiger partial charge in [-0.2, -0.15) is 0 Å². The smallest absolute Gasteiger partial charge is 0.184 e. The van der Waals surface area contributed by atoms with Crippen molar-refractivity contribution in [2.75, 3.05) is 5.32 Å². The maximum atomic E-state index is 5.95. The molecule has 18 heavy (non-hydrogen) atoms. The minimum atomic E-state index is 0.714. The van der Waals surface area contributed by atoms with Gasteiger partial charge in [-0.1, -0.05) is 22.9 Å². The number of nitrogens with zero attached hydrogens (tertiary/aromatic N) is 2. The van der Waals surface area contributed by atoms with Crippen LogP contribution in [0.5, 0.6) is 0 Å². The van der Waals surface area contributed by atoms with Gasteiger partial charge in [-0.05, 0) is 25.1 Å². The zero-order chi connectivity index (χ0) is 12.5. The van der Waals surface area contributed by atoms with Crippen LogP contribution in [0.25, 0.3) is 10.2 Å². The minimum absolute atomic E-state index is 0.714. The third-order valence-electron chi connectivity index (χ3n) is 2.41. The fraction of sp³-hybridized carbons (Fsp3) is 0.167. The summed E-state index contributed by atoms with van der Waals surface area (Å²) in [5, 5.41) is 8.07. The molecule has 0 aliphatic rings. The summed E-state index contributed by atoms with van der Waals surface area (Å²) in [6.45, 7) is 2.71. The molecule has 2 heterocycles. The average molecular weight is 296 g/mol. The van der Waals surface area contributed by atoms with Crippen molar-refractivity contribution in [2.45, 2.75) is 13.5 Å². The Morgan fingerprint density at radius 3 is 3.00 bits per heavy atom. The number of hydrogen-bond acceptors (Lipinski definition) is 5. The van der Waals surface area contributed by atoms with Crippen LogP contribution < -0.4 is 5.32 Å². The number of anilines is 1. The quantitative estimate of drug-likeness (QED) is 0.781. The Morgan fingerprint density at radius 2 is 2.22 bits per heavy atom. The van der Waals surface area contributed by atoms with Gasteiger partial charge in [0.2, 0.25) is 0 Å². The van der Waals surface area contributed by atoms with Gasteiger partial charge in [0.1, 0.15) is 5.01 Å². The van der Waals surface area contributed by atoms with Crippen molar-refractivity contribution >= 4 is 49.6 Å². The van der Waals surface area contributed by atoms with E-state index in [2.05, 4.69) is 20.7 Å². The van der Waals surface area contributed by atoms with E-state index in [0.29, 0.717) is 6.54 Å². The van der Waals surface area contributed by atoms with Crippen molar-refractivity contribution in [2.24, 2.45) is 0 Å². The van der Waals surface area contributed by atoms with Gasteiger partial charge in [-0.3, -0.25) is 0 Å². The number of benzene rings is 1. The monoisotopic (exact) mass is 295 g/mol. The van der Waals surface area contributed by atoms with E-state index in [1.54, 1.807) is 22.7 Å². The molecular weight excluding hydrogens is 286 g/mol. The molecule has 3 nitrogen and oxygen atoms in total. The van der Waals surface area contributed by atoms with E-state index in [9.17, 15) is 0 Å². The number of halogens is 1. The molecule has 0 spiro atoms. The highest BCUT2D eigenvalue weighted by molar-refractivity contribution is 7.22. The molecular formula is C12H10ClN3S2. The normalized spacial score (nSPS) is 11.0. The van der Waals surface area contributed by atoms with Crippen LogP contribution in [0, 0.1) is 6.92 Å². The molecule has 0 saturated carbocycles. The Morgan fingerprint density at radius 1 is 1.33 bits per heavy atom. The van der Waals surface area contributed by atoms with Crippen molar-refractivity contribution in [3.8, 4) is 0 Å². The summed E-state index contributed by atoms with van der Waals surface area (Å²) < 4.78 is 1.10. The fourth-order valence-corrected chi connectivity index (χ4v) is 3.46. The first-order chi connectivity index (χ1) is 8.70. The van der Waals surface area contributed by atoms with Crippen LogP contribution in [-0.2, 0) is 6.54 Å². The summed E-state index contributed by atoms with van der Waals surface area (Å²) in [4.78, 5) is 8.91. The molecule has 0 unspecified atom stereocenters. The molecule has 1 N–H and O–H groups in total. The molecule has 0 bridgehead atoms. The number of hydrogen-bond donors (Lipinski definition) is 1. The molecule has 0 aliphatic carbocycles. The molecule has 3 rings (SSSR count). The Hall–Kier alpha value is -1.17. The van der Waals surface area contributed by atoms with E-state index in [4.69, 9.17) is 11.6 Å². The van der Waals surface area contributed by atoms with Crippen LogP contribution in [0.2, 0.25) is 5.02 Å². The first-order valence-electron chi connectivity index (χ1n) is 5.42. The zero-order valence-electron chi connectivity index (χ0n) is 9.61. The summed E-state index contributed by atoms with van der Waals surface area (Å²) >= 11 is 9.22. The molecule has 0 aliphatic heterocycles. The number of rotatable bonds is 3. The number of thiazole rings is 2. The maximum absolute atomic E-state index is 5.95. The van der Waals surface area contributed by atoms with E-state index in [0.717, 1.165) is 31.1 Å². The molecule has 3 aromatic rings. The second-order valence-electron chi connectivity index (χ2n) is 3.87. The highest BCUT2D eigenvalue weighted by Crippen LogP contribution is 2.28. The minimum Gasteiger partial charge on any atom is -0.355 e. The summed E-state index contributed by atoms with van der Waals surface area (Å²) in [5.74, 6) is 0. The molecule has 0 radical (unpaired) electrons. The molecule has 92 valence electrons. The van der Waals surface area contributed by atoms with Gasteiger partial charge in [-0.25, -0.2) is 9.97 Å².